The molecule has 0 radical (unpaired) electrons. The number of aromatic nitrogens is 1. The van der Waals surface area contributed by atoms with Crippen LogP contribution >= 0.6 is 0 Å². The Kier molecular flexibility index (Phi) is 8.05. The first-order valence-corrected chi connectivity index (χ1v) is 10.8. The normalized spacial score (nSPS) is 10.6. The summed E-state index contributed by atoms with van der Waals surface area (Å²) >= 11 is 0. The van der Waals surface area contributed by atoms with Crippen molar-refractivity contribution in [2.75, 3.05) is 13.1 Å². The molecule has 1 heterocycles. The summed E-state index contributed by atoms with van der Waals surface area (Å²) in [4.78, 5) is 29.8. The van der Waals surface area contributed by atoms with Crippen LogP contribution in [0.4, 0.5) is 0 Å². The van der Waals surface area contributed by atoms with Gasteiger partial charge in [0, 0.05) is 32.0 Å². The minimum atomic E-state index is -0.0417. The molecule has 0 N–H and O–H groups in total. The van der Waals surface area contributed by atoms with Crippen LogP contribution in [0.5, 0.6) is 0 Å². The summed E-state index contributed by atoms with van der Waals surface area (Å²) < 4.78 is 2.02. The van der Waals surface area contributed by atoms with Crippen molar-refractivity contribution in [1.29, 1.82) is 0 Å². The zero-order chi connectivity index (χ0) is 22.1. The highest BCUT2D eigenvalue weighted by atomic mass is 16.2. The van der Waals surface area contributed by atoms with E-state index in [0.29, 0.717) is 26.1 Å². The second-order valence-electron chi connectivity index (χ2n) is 7.82. The fourth-order valence-corrected chi connectivity index (χ4v) is 3.60. The van der Waals surface area contributed by atoms with Crippen LogP contribution in [0.25, 0.3) is 0 Å². The van der Waals surface area contributed by atoms with Gasteiger partial charge < -0.3 is 14.4 Å². The van der Waals surface area contributed by atoms with Gasteiger partial charge in [0.2, 0.25) is 11.8 Å². The van der Waals surface area contributed by atoms with E-state index >= 15 is 0 Å². The van der Waals surface area contributed by atoms with Crippen LogP contribution < -0.4 is 0 Å². The van der Waals surface area contributed by atoms with Gasteiger partial charge in [0.1, 0.15) is 0 Å². The molecule has 0 atom stereocenters. The average molecular weight is 418 g/mol. The maximum atomic E-state index is 13.4. The van der Waals surface area contributed by atoms with Crippen molar-refractivity contribution in [3.8, 4) is 0 Å². The van der Waals surface area contributed by atoms with Crippen molar-refractivity contribution in [3.63, 3.8) is 0 Å². The summed E-state index contributed by atoms with van der Waals surface area (Å²) in [5.74, 6) is -0.0557. The first-order valence-electron chi connectivity index (χ1n) is 10.8. The van der Waals surface area contributed by atoms with Gasteiger partial charge in [0.25, 0.3) is 0 Å². The van der Waals surface area contributed by atoms with Gasteiger partial charge in [-0.1, -0.05) is 67.6 Å². The molecule has 2 aromatic carbocycles. The molecule has 0 unspecified atom stereocenters. The molecule has 0 aliphatic carbocycles. The zero-order valence-electron chi connectivity index (χ0n) is 18.4. The first kappa shape index (κ1) is 22.3. The van der Waals surface area contributed by atoms with Crippen molar-refractivity contribution in [2.45, 2.75) is 32.9 Å². The third-order valence-electron chi connectivity index (χ3n) is 5.34. The molecule has 0 fully saturated rings. The van der Waals surface area contributed by atoms with Crippen LogP contribution in [0.15, 0.2) is 79.0 Å². The molecule has 1 aromatic heterocycles. The monoisotopic (exact) mass is 417 g/mol. The van der Waals surface area contributed by atoms with Gasteiger partial charge in [0.05, 0.1) is 19.5 Å². The number of benzene rings is 2. The number of carbonyl (C=O) groups excluding carboxylic acids is 2. The van der Waals surface area contributed by atoms with E-state index in [-0.39, 0.29) is 18.4 Å². The van der Waals surface area contributed by atoms with Gasteiger partial charge in [-0.2, -0.15) is 0 Å². The second kappa shape index (κ2) is 11.2. The van der Waals surface area contributed by atoms with Gasteiger partial charge in [-0.25, -0.2) is 0 Å². The van der Waals surface area contributed by atoms with Crippen molar-refractivity contribution in [2.24, 2.45) is 7.05 Å². The molecule has 2 amide bonds. The molecule has 31 heavy (non-hydrogen) atoms. The maximum Gasteiger partial charge on any atom is 0.242 e. The standard InChI is InChI=1S/C26H31N3O2/c1-3-16-28(25(30)18-22-11-6-4-7-12-22)21-26(31)29(19-23-13-8-5-9-14-23)20-24-15-10-17-27(24)2/h4-15,17H,3,16,18-21H2,1-2H3. The largest absolute Gasteiger partial charge is 0.353 e. The number of rotatable bonds is 10. The van der Waals surface area contributed by atoms with E-state index < -0.39 is 0 Å². The minimum absolute atomic E-state index is 0.0140. The predicted molar refractivity (Wildman–Crippen MR) is 123 cm³/mol. The Morgan fingerprint density at radius 2 is 1.42 bits per heavy atom. The molecule has 3 rings (SSSR count). The SMILES string of the molecule is CCCN(CC(=O)N(Cc1ccccc1)Cc1cccn1C)C(=O)Cc1ccccc1. The smallest absolute Gasteiger partial charge is 0.242 e. The van der Waals surface area contributed by atoms with Gasteiger partial charge in [0.15, 0.2) is 0 Å². The summed E-state index contributed by atoms with van der Waals surface area (Å²) in [6.07, 6.45) is 3.10. The number of hydrogen-bond donors (Lipinski definition) is 0. The van der Waals surface area contributed by atoms with Gasteiger partial charge in [-0.05, 0) is 29.7 Å². The molecule has 0 spiro atoms. The molecule has 5 heteroatoms. The lowest BCUT2D eigenvalue weighted by Crippen LogP contribution is -2.43. The Bertz CT molecular complexity index is 967. The van der Waals surface area contributed by atoms with Crippen LogP contribution in [0.3, 0.4) is 0 Å². The topological polar surface area (TPSA) is 45.6 Å². The molecular weight excluding hydrogens is 386 g/mol. The van der Waals surface area contributed by atoms with Crippen LogP contribution in [0.1, 0.15) is 30.2 Å². The van der Waals surface area contributed by atoms with Crippen molar-refractivity contribution < 1.29 is 9.59 Å². The fraction of sp³-hybridized carbons (Fsp3) is 0.308. The zero-order valence-corrected chi connectivity index (χ0v) is 18.4. The number of nitrogens with zero attached hydrogens (tertiary/aromatic N) is 3. The third kappa shape index (κ3) is 6.57. The second-order valence-corrected chi connectivity index (χ2v) is 7.82. The Labute approximate surface area is 184 Å². The van der Waals surface area contributed by atoms with Crippen molar-refractivity contribution in [3.05, 3.63) is 95.8 Å². The van der Waals surface area contributed by atoms with E-state index in [2.05, 4.69) is 0 Å². The summed E-state index contributed by atoms with van der Waals surface area (Å²) in [5, 5.41) is 0. The summed E-state index contributed by atoms with van der Waals surface area (Å²) in [7, 11) is 1.98. The molecule has 0 bridgehead atoms. The van der Waals surface area contributed by atoms with E-state index in [1.807, 2.05) is 102 Å². The quantitative estimate of drug-likeness (QED) is 0.500. The lowest BCUT2D eigenvalue weighted by atomic mass is 10.1. The molecule has 0 saturated carbocycles. The fourth-order valence-electron chi connectivity index (χ4n) is 3.60. The van der Waals surface area contributed by atoms with Gasteiger partial charge >= 0.3 is 0 Å². The summed E-state index contributed by atoms with van der Waals surface area (Å²) in [6.45, 7) is 3.71. The van der Waals surface area contributed by atoms with E-state index in [1.165, 1.54) is 0 Å². The number of aryl methyl sites for hydroxylation is 1. The number of hydrogen-bond acceptors (Lipinski definition) is 2. The van der Waals surface area contributed by atoms with Crippen molar-refractivity contribution in [1.82, 2.24) is 14.4 Å². The highest BCUT2D eigenvalue weighted by molar-refractivity contribution is 5.86. The molecule has 3 aromatic rings. The van der Waals surface area contributed by atoms with E-state index in [9.17, 15) is 9.59 Å². The Hall–Kier alpha value is -3.34. The molecule has 5 nitrogen and oxygen atoms in total. The van der Waals surface area contributed by atoms with Crippen molar-refractivity contribution >= 4 is 11.8 Å². The molecular formula is C26H31N3O2. The number of carbonyl (C=O) groups is 2. The van der Waals surface area contributed by atoms with Crippen LogP contribution in [-0.2, 0) is 36.1 Å². The summed E-state index contributed by atoms with van der Waals surface area (Å²) in [5.41, 5.74) is 3.09. The minimum Gasteiger partial charge on any atom is -0.353 e. The van der Waals surface area contributed by atoms with Crippen LogP contribution in [-0.4, -0.2) is 39.3 Å². The van der Waals surface area contributed by atoms with E-state index in [0.717, 1.165) is 23.2 Å². The highest BCUT2D eigenvalue weighted by Gasteiger charge is 2.22. The maximum absolute atomic E-state index is 13.4. The Balaban J connectivity index is 1.74. The predicted octanol–water partition coefficient (Wildman–Crippen LogP) is 4.04. The molecule has 162 valence electrons. The van der Waals surface area contributed by atoms with E-state index in [1.54, 1.807) is 4.90 Å². The average Bonchev–Trinajstić information content (AvgIpc) is 3.18. The van der Waals surface area contributed by atoms with E-state index in [4.69, 9.17) is 0 Å². The third-order valence-corrected chi connectivity index (χ3v) is 5.34. The number of amides is 2. The molecule has 0 aliphatic rings. The first-order chi connectivity index (χ1) is 15.1. The lowest BCUT2D eigenvalue weighted by Gasteiger charge is -2.28. The summed E-state index contributed by atoms with van der Waals surface area (Å²) in [6, 6.07) is 23.7. The van der Waals surface area contributed by atoms with Crippen LogP contribution in [0, 0.1) is 0 Å². The van der Waals surface area contributed by atoms with Crippen LogP contribution in [0.2, 0.25) is 0 Å². The molecule has 0 saturated heterocycles. The molecule has 0 aliphatic heterocycles. The highest BCUT2D eigenvalue weighted by Crippen LogP contribution is 2.12. The Morgan fingerprint density at radius 3 is 2.00 bits per heavy atom. The van der Waals surface area contributed by atoms with Gasteiger partial charge in [-0.15, -0.1) is 0 Å². The lowest BCUT2D eigenvalue weighted by molar-refractivity contribution is -0.141. The van der Waals surface area contributed by atoms with Gasteiger partial charge in [-0.3, -0.25) is 9.59 Å². The Morgan fingerprint density at radius 1 is 0.774 bits per heavy atom.